The van der Waals surface area contributed by atoms with Crippen LogP contribution in [0.1, 0.15) is 23.7 Å². The van der Waals surface area contributed by atoms with E-state index in [9.17, 15) is 14.4 Å². The van der Waals surface area contributed by atoms with Crippen LogP contribution >= 0.6 is 23.2 Å². The molecule has 1 fully saturated rings. The largest absolute Gasteiger partial charge is 0.455 e. The predicted molar refractivity (Wildman–Crippen MR) is 80.2 cm³/mol. The fraction of sp³-hybridized carbons (Fsp3) is 0.357. The molecule has 0 radical (unpaired) electrons. The van der Waals surface area contributed by atoms with Gasteiger partial charge < -0.3 is 4.74 Å². The number of alkyl halides is 2. The number of ether oxygens (including phenoxy) is 1. The first kappa shape index (κ1) is 16.6. The number of esters is 1. The molecule has 0 heterocycles. The molecular formula is C14H14Cl2N2O4. The van der Waals surface area contributed by atoms with Gasteiger partial charge in [0.1, 0.15) is 9.75 Å². The summed E-state index contributed by atoms with van der Waals surface area (Å²) in [5, 5.41) is 0. The number of rotatable bonds is 4. The predicted octanol–water partition coefficient (Wildman–Crippen LogP) is 1.57. The second-order valence-electron chi connectivity index (χ2n) is 5.16. The van der Waals surface area contributed by atoms with Crippen LogP contribution in [0.25, 0.3) is 0 Å². The summed E-state index contributed by atoms with van der Waals surface area (Å²) in [5.74, 6) is -1.80. The number of hydrogen-bond donors (Lipinski definition) is 2. The molecule has 2 N–H and O–H groups in total. The molecular weight excluding hydrogens is 331 g/mol. The Balaban J connectivity index is 1.73. The van der Waals surface area contributed by atoms with Crippen LogP contribution in [0.5, 0.6) is 0 Å². The molecule has 6 nitrogen and oxygen atoms in total. The molecule has 1 atom stereocenters. The van der Waals surface area contributed by atoms with Gasteiger partial charge in [-0.1, -0.05) is 18.2 Å². The van der Waals surface area contributed by atoms with Gasteiger partial charge in [0.25, 0.3) is 11.8 Å². The van der Waals surface area contributed by atoms with Crippen LogP contribution in [0, 0.1) is 5.41 Å². The summed E-state index contributed by atoms with van der Waals surface area (Å²) >= 11 is 11.7. The zero-order chi connectivity index (χ0) is 16.4. The maximum Gasteiger partial charge on any atom is 0.315 e. The van der Waals surface area contributed by atoms with E-state index in [0.717, 1.165) is 0 Å². The molecule has 1 unspecified atom stereocenters. The van der Waals surface area contributed by atoms with Gasteiger partial charge in [-0.05, 0) is 19.1 Å². The molecule has 2 rings (SSSR count). The highest BCUT2D eigenvalue weighted by Gasteiger charge is 2.69. The van der Waals surface area contributed by atoms with Crippen LogP contribution < -0.4 is 10.9 Å². The first-order chi connectivity index (χ1) is 10.3. The van der Waals surface area contributed by atoms with E-state index in [0.29, 0.717) is 5.56 Å². The van der Waals surface area contributed by atoms with E-state index in [-0.39, 0.29) is 6.42 Å². The number of carbonyl (C=O) groups is 3. The molecule has 0 spiro atoms. The molecule has 0 bridgehead atoms. The van der Waals surface area contributed by atoms with Crippen molar-refractivity contribution in [2.45, 2.75) is 17.7 Å². The van der Waals surface area contributed by atoms with E-state index in [1.165, 1.54) is 0 Å². The van der Waals surface area contributed by atoms with Crippen molar-refractivity contribution in [3.8, 4) is 0 Å². The summed E-state index contributed by atoms with van der Waals surface area (Å²) in [5.41, 5.74) is 3.75. The van der Waals surface area contributed by atoms with Gasteiger partial charge in [0.15, 0.2) is 6.61 Å². The molecule has 0 saturated heterocycles. The summed E-state index contributed by atoms with van der Waals surface area (Å²) in [6.07, 6.45) is 0.272. The Kier molecular flexibility index (Phi) is 4.63. The van der Waals surface area contributed by atoms with Gasteiger partial charge >= 0.3 is 5.97 Å². The molecule has 0 aliphatic heterocycles. The van der Waals surface area contributed by atoms with Crippen molar-refractivity contribution in [3.05, 3.63) is 35.9 Å². The highest BCUT2D eigenvalue weighted by molar-refractivity contribution is 6.53. The highest BCUT2D eigenvalue weighted by Crippen LogP contribution is 2.64. The molecule has 0 aromatic heterocycles. The van der Waals surface area contributed by atoms with E-state index < -0.39 is 34.1 Å². The maximum absolute atomic E-state index is 11.7. The number of amides is 2. The quantitative estimate of drug-likeness (QED) is 0.493. The minimum Gasteiger partial charge on any atom is -0.455 e. The lowest BCUT2D eigenvalue weighted by atomic mass is 10.1. The first-order valence-corrected chi connectivity index (χ1v) is 7.21. The first-order valence-electron chi connectivity index (χ1n) is 6.45. The topological polar surface area (TPSA) is 84.5 Å². The molecule has 22 heavy (non-hydrogen) atoms. The Morgan fingerprint density at radius 2 is 1.77 bits per heavy atom. The monoisotopic (exact) mass is 344 g/mol. The minimum atomic E-state index is -1.15. The Labute approximate surface area is 137 Å². The summed E-state index contributed by atoms with van der Waals surface area (Å²) in [6.45, 7) is 1.03. The van der Waals surface area contributed by atoms with E-state index >= 15 is 0 Å². The number of benzene rings is 1. The highest BCUT2D eigenvalue weighted by atomic mass is 35.5. The third kappa shape index (κ3) is 3.51. The average molecular weight is 345 g/mol. The van der Waals surface area contributed by atoms with Crippen LogP contribution in [0.4, 0.5) is 0 Å². The second-order valence-corrected chi connectivity index (χ2v) is 6.64. The van der Waals surface area contributed by atoms with Gasteiger partial charge in [-0.15, -0.1) is 23.2 Å². The van der Waals surface area contributed by atoms with Crippen molar-refractivity contribution in [3.63, 3.8) is 0 Å². The lowest BCUT2D eigenvalue weighted by Crippen LogP contribution is -2.44. The summed E-state index contributed by atoms with van der Waals surface area (Å²) in [7, 11) is 0. The number of nitrogens with one attached hydrogen (secondary N) is 2. The van der Waals surface area contributed by atoms with Gasteiger partial charge in [0, 0.05) is 12.0 Å². The van der Waals surface area contributed by atoms with E-state index in [2.05, 4.69) is 10.9 Å². The maximum atomic E-state index is 11.7. The third-order valence-corrected chi connectivity index (χ3v) is 4.50. The molecule has 2 amide bonds. The van der Waals surface area contributed by atoms with Crippen LogP contribution in [-0.4, -0.2) is 28.7 Å². The third-order valence-electron chi connectivity index (χ3n) is 3.39. The Morgan fingerprint density at radius 1 is 1.18 bits per heavy atom. The van der Waals surface area contributed by atoms with Crippen LogP contribution in [0.15, 0.2) is 30.3 Å². The van der Waals surface area contributed by atoms with Crippen molar-refractivity contribution in [1.29, 1.82) is 0 Å². The lowest BCUT2D eigenvalue weighted by molar-refractivity contribution is -0.153. The number of hydrogen-bond acceptors (Lipinski definition) is 4. The van der Waals surface area contributed by atoms with Crippen molar-refractivity contribution in [2.24, 2.45) is 5.41 Å². The molecule has 1 aliphatic carbocycles. The van der Waals surface area contributed by atoms with Crippen LogP contribution in [0.3, 0.4) is 0 Å². The van der Waals surface area contributed by atoms with Crippen LogP contribution in [0.2, 0.25) is 0 Å². The zero-order valence-electron chi connectivity index (χ0n) is 11.7. The van der Waals surface area contributed by atoms with Crippen LogP contribution in [-0.2, 0) is 14.3 Å². The number of carbonyl (C=O) groups excluding carboxylic acids is 3. The van der Waals surface area contributed by atoms with Gasteiger partial charge in [-0.25, -0.2) is 0 Å². The second kappa shape index (κ2) is 6.14. The van der Waals surface area contributed by atoms with Crippen molar-refractivity contribution in [2.75, 3.05) is 6.61 Å². The van der Waals surface area contributed by atoms with Crippen molar-refractivity contribution in [1.82, 2.24) is 10.9 Å². The minimum absolute atomic E-state index is 0.272. The smallest absolute Gasteiger partial charge is 0.315 e. The standard InChI is InChI=1S/C14H14Cl2N2O4/c1-13(8-14(13,15)16)12(21)22-7-10(19)17-18-11(20)9-5-3-2-4-6-9/h2-6H,7-8H2,1H3,(H,17,19)(H,18,20). The molecule has 118 valence electrons. The molecule has 1 aliphatic rings. The number of halogens is 2. The van der Waals surface area contributed by atoms with E-state index in [4.69, 9.17) is 27.9 Å². The fourth-order valence-corrected chi connectivity index (χ4v) is 2.42. The summed E-state index contributed by atoms with van der Waals surface area (Å²) < 4.78 is 3.68. The average Bonchev–Trinajstić information content (AvgIpc) is 3.03. The number of hydrazine groups is 1. The van der Waals surface area contributed by atoms with Gasteiger partial charge in [0.05, 0.1) is 0 Å². The molecule has 8 heteroatoms. The van der Waals surface area contributed by atoms with Gasteiger partial charge in [0.2, 0.25) is 0 Å². The van der Waals surface area contributed by atoms with Crippen molar-refractivity contribution >= 4 is 41.0 Å². The summed E-state index contributed by atoms with van der Waals surface area (Å²) in [6, 6.07) is 8.34. The van der Waals surface area contributed by atoms with E-state index in [1.54, 1.807) is 37.3 Å². The molecule has 1 aromatic carbocycles. The Bertz CT molecular complexity index is 606. The van der Waals surface area contributed by atoms with Gasteiger partial charge in [-0.2, -0.15) is 0 Å². The molecule has 1 saturated carbocycles. The Morgan fingerprint density at radius 3 is 2.32 bits per heavy atom. The SMILES string of the molecule is CC1(C(=O)OCC(=O)NNC(=O)c2ccccc2)CC1(Cl)Cl. The van der Waals surface area contributed by atoms with Crippen molar-refractivity contribution < 1.29 is 19.1 Å². The van der Waals surface area contributed by atoms with E-state index in [1.807, 2.05) is 0 Å². The molecule has 1 aromatic rings. The lowest BCUT2D eigenvalue weighted by Gasteiger charge is -2.12. The Hall–Kier alpha value is -1.79. The zero-order valence-corrected chi connectivity index (χ0v) is 13.2. The van der Waals surface area contributed by atoms with Gasteiger partial charge in [-0.3, -0.25) is 25.2 Å². The fourth-order valence-electron chi connectivity index (χ4n) is 1.74. The summed E-state index contributed by atoms with van der Waals surface area (Å²) in [4.78, 5) is 34.9. The normalized spacial score (nSPS) is 21.6.